The number of nitrogens with one attached hydrogen (secondary N) is 1. The molecule has 2 heterocycles. The van der Waals surface area contributed by atoms with E-state index in [-0.39, 0.29) is 0 Å². The first-order valence-electron chi connectivity index (χ1n) is 4.85. The van der Waals surface area contributed by atoms with Crippen LogP contribution in [0.15, 0.2) is 17.0 Å². The van der Waals surface area contributed by atoms with Crippen molar-refractivity contribution in [3.8, 4) is 0 Å². The zero-order valence-corrected chi connectivity index (χ0v) is 9.66. The molecule has 2 aromatic rings. The lowest BCUT2D eigenvalue weighted by Gasteiger charge is -1.99. The second kappa shape index (κ2) is 4.83. The summed E-state index contributed by atoms with van der Waals surface area (Å²) in [7, 11) is 0. The van der Waals surface area contributed by atoms with Crippen molar-refractivity contribution in [2.24, 2.45) is 5.73 Å². The largest absolute Gasteiger partial charge is 0.397 e. The van der Waals surface area contributed by atoms with Gasteiger partial charge >= 0.3 is 0 Å². The molecule has 0 fully saturated rings. The number of anilines is 2. The molecule has 0 spiro atoms. The van der Waals surface area contributed by atoms with Crippen LogP contribution in [0.1, 0.15) is 15.5 Å². The van der Waals surface area contributed by atoms with E-state index in [2.05, 4.69) is 20.0 Å². The van der Waals surface area contributed by atoms with Gasteiger partial charge in [0.1, 0.15) is 4.88 Å². The van der Waals surface area contributed by atoms with Crippen LogP contribution in [0.2, 0.25) is 0 Å². The Morgan fingerprint density at radius 2 is 2.41 bits per heavy atom. The van der Waals surface area contributed by atoms with Crippen LogP contribution in [0.25, 0.3) is 0 Å². The van der Waals surface area contributed by atoms with Crippen molar-refractivity contribution in [3.63, 3.8) is 0 Å². The van der Waals surface area contributed by atoms with Crippen LogP contribution in [-0.4, -0.2) is 22.6 Å². The maximum Gasteiger partial charge on any atom is 0.260 e. The first kappa shape index (κ1) is 11.4. The third-order valence-corrected chi connectivity index (χ3v) is 3.16. The maximum atomic E-state index is 11.0. The number of carbonyl (C=O) groups excluding carboxylic acids is 1. The Morgan fingerprint density at radius 1 is 1.59 bits per heavy atom. The second-order valence-corrected chi connectivity index (χ2v) is 4.34. The third-order valence-electron chi connectivity index (χ3n) is 2.04. The molecule has 0 aliphatic rings. The Balaban J connectivity index is 1.91. The first-order chi connectivity index (χ1) is 8.16. The summed E-state index contributed by atoms with van der Waals surface area (Å²) in [6.07, 6.45) is 1.91. The van der Waals surface area contributed by atoms with Gasteiger partial charge in [0, 0.05) is 13.0 Å². The van der Waals surface area contributed by atoms with Gasteiger partial charge in [0.15, 0.2) is 5.82 Å². The fourth-order valence-electron chi connectivity index (χ4n) is 1.28. The van der Waals surface area contributed by atoms with Gasteiger partial charge in [0.05, 0.1) is 10.7 Å². The SMILES string of the molecule is NC(=O)c1sc(NCCc2ncon2)cc1N. The predicted octanol–water partition coefficient (Wildman–Crippen LogP) is 0.467. The van der Waals surface area contributed by atoms with Crippen molar-refractivity contribution in [1.82, 2.24) is 10.1 Å². The quantitative estimate of drug-likeness (QED) is 0.712. The Hall–Kier alpha value is -2.09. The Labute approximate surface area is 101 Å². The number of hydrogen-bond acceptors (Lipinski definition) is 7. The molecule has 7 nitrogen and oxygen atoms in total. The fourth-order valence-corrected chi connectivity index (χ4v) is 2.14. The molecule has 0 saturated carbocycles. The minimum absolute atomic E-state index is 0.368. The molecule has 0 saturated heterocycles. The highest BCUT2D eigenvalue weighted by atomic mass is 32.1. The molecule has 0 bridgehead atoms. The van der Waals surface area contributed by atoms with E-state index in [0.717, 1.165) is 5.00 Å². The minimum atomic E-state index is -0.515. The average Bonchev–Trinajstić information content (AvgIpc) is 2.88. The molecule has 1 amide bonds. The molecule has 0 aliphatic carbocycles. The van der Waals surface area contributed by atoms with Gasteiger partial charge in [-0.2, -0.15) is 4.98 Å². The predicted molar refractivity (Wildman–Crippen MR) is 63.7 cm³/mol. The molecule has 0 radical (unpaired) electrons. The summed E-state index contributed by atoms with van der Waals surface area (Å²) in [5, 5.41) is 7.58. The molecular weight excluding hydrogens is 242 g/mol. The number of nitrogen functional groups attached to an aromatic ring is 1. The van der Waals surface area contributed by atoms with Crippen LogP contribution in [0, 0.1) is 0 Å². The van der Waals surface area contributed by atoms with E-state index in [9.17, 15) is 4.79 Å². The molecule has 2 aromatic heterocycles. The first-order valence-corrected chi connectivity index (χ1v) is 5.66. The lowest BCUT2D eigenvalue weighted by Crippen LogP contribution is -2.10. The zero-order valence-electron chi connectivity index (χ0n) is 8.84. The van der Waals surface area contributed by atoms with Gasteiger partial charge in [-0.15, -0.1) is 11.3 Å². The molecule has 17 heavy (non-hydrogen) atoms. The Morgan fingerprint density at radius 3 is 3.00 bits per heavy atom. The van der Waals surface area contributed by atoms with E-state index in [1.54, 1.807) is 6.07 Å². The summed E-state index contributed by atoms with van der Waals surface area (Å²) in [6, 6.07) is 1.68. The van der Waals surface area contributed by atoms with E-state index in [0.29, 0.717) is 29.4 Å². The molecule has 8 heteroatoms. The van der Waals surface area contributed by atoms with Crippen LogP contribution in [0.4, 0.5) is 10.7 Å². The van der Waals surface area contributed by atoms with E-state index in [1.807, 2.05) is 0 Å². The van der Waals surface area contributed by atoms with Gasteiger partial charge in [0.2, 0.25) is 6.39 Å². The standard InChI is InChI=1S/C9H11N5O2S/c10-5-3-7(17-8(5)9(11)15)12-2-1-6-13-4-16-14-6/h3-4,12H,1-2,10H2,(H2,11,15). The molecule has 2 rings (SSSR count). The zero-order chi connectivity index (χ0) is 12.3. The average molecular weight is 253 g/mol. The van der Waals surface area contributed by atoms with Crippen molar-refractivity contribution in [2.75, 3.05) is 17.6 Å². The van der Waals surface area contributed by atoms with E-state index in [1.165, 1.54) is 17.7 Å². The molecule has 0 aromatic carbocycles. The number of aromatic nitrogens is 2. The van der Waals surface area contributed by atoms with Crippen LogP contribution in [0.5, 0.6) is 0 Å². The number of amides is 1. The topological polar surface area (TPSA) is 120 Å². The third kappa shape index (κ3) is 2.72. The number of primary amides is 1. The lowest BCUT2D eigenvalue weighted by atomic mass is 10.4. The van der Waals surface area contributed by atoms with Gasteiger partial charge in [-0.05, 0) is 6.07 Å². The molecule has 90 valence electrons. The van der Waals surface area contributed by atoms with Crippen LogP contribution < -0.4 is 16.8 Å². The molecule has 0 aliphatic heterocycles. The monoisotopic (exact) mass is 253 g/mol. The number of carbonyl (C=O) groups is 1. The van der Waals surface area contributed by atoms with Gasteiger partial charge in [-0.3, -0.25) is 4.79 Å². The molecule has 0 unspecified atom stereocenters. The van der Waals surface area contributed by atoms with Crippen molar-refractivity contribution in [1.29, 1.82) is 0 Å². The normalized spacial score (nSPS) is 10.4. The van der Waals surface area contributed by atoms with E-state index >= 15 is 0 Å². The van der Waals surface area contributed by atoms with E-state index in [4.69, 9.17) is 11.5 Å². The number of hydrogen-bond donors (Lipinski definition) is 3. The van der Waals surface area contributed by atoms with Crippen molar-refractivity contribution < 1.29 is 9.32 Å². The summed E-state index contributed by atoms with van der Waals surface area (Å²) < 4.78 is 4.60. The van der Waals surface area contributed by atoms with Crippen LogP contribution >= 0.6 is 11.3 Å². The van der Waals surface area contributed by atoms with Crippen LogP contribution in [0.3, 0.4) is 0 Å². The minimum Gasteiger partial charge on any atom is -0.397 e. The highest BCUT2D eigenvalue weighted by Crippen LogP contribution is 2.28. The summed E-state index contributed by atoms with van der Waals surface area (Å²) >= 11 is 1.23. The lowest BCUT2D eigenvalue weighted by molar-refractivity contribution is 0.100. The van der Waals surface area contributed by atoms with Gasteiger partial charge in [-0.1, -0.05) is 5.16 Å². The van der Waals surface area contributed by atoms with Crippen molar-refractivity contribution in [2.45, 2.75) is 6.42 Å². The molecular formula is C9H11N5O2S. The Bertz CT molecular complexity index is 507. The molecule has 5 N–H and O–H groups in total. The number of rotatable bonds is 5. The van der Waals surface area contributed by atoms with Gasteiger partial charge < -0.3 is 21.3 Å². The van der Waals surface area contributed by atoms with Gasteiger partial charge in [-0.25, -0.2) is 0 Å². The fraction of sp³-hybridized carbons (Fsp3) is 0.222. The van der Waals surface area contributed by atoms with Gasteiger partial charge in [0.25, 0.3) is 5.91 Å². The smallest absolute Gasteiger partial charge is 0.260 e. The van der Waals surface area contributed by atoms with E-state index < -0.39 is 5.91 Å². The highest BCUT2D eigenvalue weighted by molar-refractivity contribution is 7.18. The van der Waals surface area contributed by atoms with Crippen molar-refractivity contribution in [3.05, 3.63) is 23.2 Å². The number of nitrogens with two attached hydrogens (primary N) is 2. The summed E-state index contributed by atoms with van der Waals surface area (Å²) in [5.74, 6) is 0.107. The van der Waals surface area contributed by atoms with Crippen LogP contribution in [-0.2, 0) is 6.42 Å². The number of nitrogens with zero attached hydrogens (tertiary/aromatic N) is 2. The Kier molecular flexibility index (Phi) is 3.24. The highest BCUT2D eigenvalue weighted by Gasteiger charge is 2.10. The maximum absolute atomic E-state index is 11.0. The number of thiophene rings is 1. The van der Waals surface area contributed by atoms with Crippen molar-refractivity contribution >= 4 is 27.9 Å². The summed E-state index contributed by atoms with van der Waals surface area (Å²) in [4.78, 5) is 15.2. The summed E-state index contributed by atoms with van der Waals surface area (Å²) in [5.41, 5.74) is 11.2. The second-order valence-electron chi connectivity index (χ2n) is 3.28. The summed E-state index contributed by atoms with van der Waals surface area (Å²) in [6.45, 7) is 0.623. The molecule has 0 atom stereocenters.